The maximum absolute atomic E-state index is 13.7. The summed E-state index contributed by atoms with van der Waals surface area (Å²) in [5.41, 5.74) is 0.552. The molecular weight excluding hydrogens is 458 g/mol. The molecule has 0 radical (unpaired) electrons. The first kappa shape index (κ1) is 25.4. The van der Waals surface area contributed by atoms with Crippen LogP contribution in [0.5, 0.6) is 0 Å². The second kappa shape index (κ2) is 9.04. The smallest absolute Gasteiger partial charge is 0.246 e. The largest absolute Gasteiger partial charge is 0.344 e. The molecule has 36 heavy (non-hydrogen) atoms. The normalized spacial score (nSPS) is 23.7. The summed E-state index contributed by atoms with van der Waals surface area (Å²) in [5, 5.41) is 19.7. The fourth-order valence-electron chi connectivity index (χ4n) is 5.40. The predicted molar refractivity (Wildman–Crippen MR) is 131 cm³/mol. The van der Waals surface area contributed by atoms with Crippen LogP contribution in [0.15, 0.2) is 36.9 Å². The molecule has 0 spiro atoms. The summed E-state index contributed by atoms with van der Waals surface area (Å²) in [5.74, 6) is -0.805. The number of amides is 3. The molecule has 0 bridgehead atoms. The maximum atomic E-state index is 13.7. The number of nitrogens with zero attached hydrogens (tertiary/aromatic N) is 5. The summed E-state index contributed by atoms with van der Waals surface area (Å²) in [6, 6.07) is 3.23. The maximum Gasteiger partial charge on any atom is 0.246 e. The number of piperidine rings is 1. The Morgan fingerprint density at radius 3 is 2.53 bits per heavy atom. The fraction of sp³-hybridized carbons (Fsp3) is 0.538. The van der Waals surface area contributed by atoms with Crippen LogP contribution in [0.3, 0.4) is 0 Å². The van der Waals surface area contributed by atoms with Crippen molar-refractivity contribution in [3.63, 3.8) is 0 Å². The van der Waals surface area contributed by atoms with Crippen molar-refractivity contribution in [3.05, 3.63) is 42.5 Å². The molecule has 2 N–H and O–H groups in total. The summed E-state index contributed by atoms with van der Waals surface area (Å²) in [7, 11) is 0. The molecule has 2 fully saturated rings. The third kappa shape index (κ3) is 4.57. The van der Waals surface area contributed by atoms with E-state index in [0.29, 0.717) is 17.8 Å². The molecule has 2 unspecified atom stereocenters. The first-order chi connectivity index (χ1) is 16.9. The molecule has 0 aromatic carbocycles. The van der Waals surface area contributed by atoms with Crippen LogP contribution in [0.2, 0.25) is 0 Å². The summed E-state index contributed by atoms with van der Waals surface area (Å²) in [6.07, 6.45) is 6.56. The Morgan fingerprint density at radius 2 is 1.94 bits per heavy atom. The van der Waals surface area contributed by atoms with Gasteiger partial charge in [-0.1, -0.05) is 34.6 Å². The number of nitrogens with one attached hydrogen (secondary N) is 2. The van der Waals surface area contributed by atoms with Crippen LogP contribution in [-0.4, -0.2) is 56.0 Å². The minimum Gasteiger partial charge on any atom is -0.344 e. The first-order valence-corrected chi connectivity index (χ1v) is 12.1. The van der Waals surface area contributed by atoms with Crippen molar-refractivity contribution in [1.82, 2.24) is 30.3 Å². The number of fused-ring (bicyclic) bond motifs is 1. The van der Waals surface area contributed by atoms with E-state index in [-0.39, 0.29) is 35.0 Å². The lowest BCUT2D eigenvalue weighted by molar-refractivity contribution is -0.145. The van der Waals surface area contributed by atoms with Crippen LogP contribution in [0.1, 0.15) is 53.1 Å². The second-order valence-corrected chi connectivity index (χ2v) is 11.4. The average molecular weight is 492 g/mol. The molecule has 10 nitrogen and oxygen atoms in total. The molecule has 5 atom stereocenters. The van der Waals surface area contributed by atoms with E-state index in [4.69, 9.17) is 0 Å². The first-order valence-electron chi connectivity index (χ1n) is 12.1. The Labute approximate surface area is 211 Å². The molecule has 10 heteroatoms. The molecule has 3 amide bonds. The molecule has 190 valence electrons. The van der Waals surface area contributed by atoms with Gasteiger partial charge in [-0.05, 0) is 34.8 Å². The van der Waals surface area contributed by atoms with Crippen molar-refractivity contribution in [1.29, 1.82) is 5.26 Å². The van der Waals surface area contributed by atoms with Gasteiger partial charge in [0.2, 0.25) is 17.7 Å². The Balaban J connectivity index is 1.59. The Hall–Kier alpha value is -3.74. The van der Waals surface area contributed by atoms with Crippen LogP contribution < -0.4 is 10.6 Å². The number of aromatic nitrogens is 3. The van der Waals surface area contributed by atoms with E-state index in [9.17, 15) is 19.6 Å². The van der Waals surface area contributed by atoms with Gasteiger partial charge in [-0.25, -0.2) is 4.68 Å². The number of carbonyl (C=O) groups is 3. The van der Waals surface area contributed by atoms with Crippen molar-refractivity contribution in [2.24, 2.45) is 22.7 Å². The van der Waals surface area contributed by atoms with Gasteiger partial charge < -0.3 is 15.5 Å². The van der Waals surface area contributed by atoms with E-state index in [1.807, 2.05) is 20.8 Å². The second-order valence-electron chi connectivity index (χ2n) is 11.4. The van der Waals surface area contributed by atoms with Gasteiger partial charge in [-0.3, -0.25) is 19.4 Å². The molecule has 1 aliphatic heterocycles. The van der Waals surface area contributed by atoms with Crippen LogP contribution in [0.4, 0.5) is 0 Å². The molecule has 2 aliphatic rings. The van der Waals surface area contributed by atoms with Crippen LogP contribution in [-0.2, 0) is 14.4 Å². The number of nitriles is 1. The molecule has 2 aromatic rings. The highest BCUT2D eigenvalue weighted by Gasteiger charge is 2.69. The van der Waals surface area contributed by atoms with E-state index in [2.05, 4.69) is 40.6 Å². The molecule has 1 saturated heterocycles. The molecule has 2 aromatic heterocycles. The van der Waals surface area contributed by atoms with Gasteiger partial charge in [0.05, 0.1) is 18.0 Å². The van der Waals surface area contributed by atoms with Gasteiger partial charge in [0.25, 0.3) is 0 Å². The Kier molecular flexibility index (Phi) is 6.37. The van der Waals surface area contributed by atoms with Gasteiger partial charge in [-0.2, -0.15) is 10.4 Å². The zero-order valence-corrected chi connectivity index (χ0v) is 21.5. The van der Waals surface area contributed by atoms with E-state index < -0.39 is 23.5 Å². The molecule has 3 heterocycles. The van der Waals surface area contributed by atoms with Crippen LogP contribution in [0, 0.1) is 34.0 Å². The van der Waals surface area contributed by atoms with E-state index in [0.717, 1.165) is 0 Å². The van der Waals surface area contributed by atoms with Gasteiger partial charge in [0.15, 0.2) is 0 Å². The number of hydrogen-bond donors (Lipinski definition) is 2. The highest BCUT2D eigenvalue weighted by atomic mass is 16.2. The lowest BCUT2D eigenvalue weighted by atomic mass is 9.85. The van der Waals surface area contributed by atoms with Gasteiger partial charge in [-0.15, -0.1) is 0 Å². The van der Waals surface area contributed by atoms with E-state index in [1.54, 1.807) is 40.3 Å². The van der Waals surface area contributed by atoms with Gasteiger partial charge >= 0.3 is 0 Å². The number of rotatable bonds is 6. The van der Waals surface area contributed by atoms with Crippen molar-refractivity contribution >= 4 is 17.7 Å². The Morgan fingerprint density at radius 1 is 1.22 bits per heavy atom. The predicted octanol–water partition coefficient (Wildman–Crippen LogP) is 1.98. The summed E-state index contributed by atoms with van der Waals surface area (Å²) >= 11 is 0. The monoisotopic (exact) mass is 491 g/mol. The zero-order valence-electron chi connectivity index (χ0n) is 21.5. The minimum absolute atomic E-state index is 0.0210. The molecule has 1 aliphatic carbocycles. The third-order valence-corrected chi connectivity index (χ3v) is 7.48. The quantitative estimate of drug-likeness (QED) is 0.635. The van der Waals surface area contributed by atoms with Gasteiger partial charge in [0.1, 0.15) is 18.1 Å². The number of carbonyl (C=O) groups excluding carboxylic acids is 3. The molecular formula is C26H33N7O3. The highest BCUT2D eigenvalue weighted by Crippen LogP contribution is 2.65. The average Bonchev–Trinajstić information content (AvgIpc) is 3.27. The standard InChI is InChI=1S/C26H33N7O3/c1-15(34)30-22(25(2,3)4)24(36)32-14-18-20(26(18,5)6)21(32)23(35)31-19(11-27)16-10-17(13-28-12-16)33-9-7-8-29-33/h7-10,12-13,18-22H,14H2,1-6H3,(H,30,34)(H,31,35)/t18-,19?,20-,21-,22?/m0/s1. The zero-order chi connectivity index (χ0) is 26.4. The van der Waals surface area contributed by atoms with Crippen molar-refractivity contribution in [3.8, 4) is 11.8 Å². The number of pyridine rings is 1. The molecule has 1 saturated carbocycles. The number of likely N-dealkylation sites (tertiary alicyclic amines) is 1. The van der Waals surface area contributed by atoms with Crippen molar-refractivity contribution in [2.45, 2.75) is 59.7 Å². The summed E-state index contributed by atoms with van der Waals surface area (Å²) in [4.78, 5) is 45.0. The van der Waals surface area contributed by atoms with E-state index in [1.165, 1.54) is 13.1 Å². The molecule has 4 rings (SSSR count). The van der Waals surface area contributed by atoms with Crippen molar-refractivity contribution in [2.75, 3.05) is 6.54 Å². The Bertz CT molecular complexity index is 1210. The highest BCUT2D eigenvalue weighted by molar-refractivity contribution is 5.94. The minimum atomic E-state index is -0.952. The lowest BCUT2D eigenvalue weighted by Gasteiger charge is -2.37. The van der Waals surface area contributed by atoms with E-state index >= 15 is 0 Å². The van der Waals surface area contributed by atoms with Gasteiger partial charge in [0, 0.05) is 37.6 Å². The summed E-state index contributed by atoms with van der Waals surface area (Å²) in [6.45, 7) is 11.7. The lowest BCUT2D eigenvalue weighted by Crippen LogP contribution is -2.59. The fourth-order valence-corrected chi connectivity index (χ4v) is 5.40. The third-order valence-electron chi connectivity index (χ3n) is 7.48. The number of hydrogen-bond acceptors (Lipinski definition) is 6. The van der Waals surface area contributed by atoms with Crippen LogP contribution >= 0.6 is 0 Å². The SMILES string of the molecule is CC(=O)NC(C(=O)N1C[C@H]2[C@@H]([C@H]1C(=O)NC(C#N)c1cncc(-n3cccn3)c1)C2(C)C)C(C)(C)C. The van der Waals surface area contributed by atoms with Crippen LogP contribution in [0.25, 0.3) is 5.69 Å². The summed E-state index contributed by atoms with van der Waals surface area (Å²) < 4.78 is 1.62. The topological polar surface area (TPSA) is 133 Å². The van der Waals surface area contributed by atoms with Crippen molar-refractivity contribution < 1.29 is 14.4 Å².